The predicted octanol–water partition coefficient (Wildman–Crippen LogP) is 0.588. The third-order valence-corrected chi connectivity index (χ3v) is 4.12. The van der Waals surface area contributed by atoms with Crippen LogP contribution < -0.4 is 11.1 Å². The zero-order valence-electron chi connectivity index (χ0n) is 10.7. The predicted molar refractivity (Wildman–Crippen MR) is 66.3 cm³/mol. The molecule has 0 aromatic heterocycles. The Labute approximate surface area is 107 Å². The van der Waals surface area contributed by atoms with E-state index < -0.39 is 5.41 Å². The van der Waals surface area contributed by atoms with Crippen molar-refractivity contribution in [3.63, 3.8) is 0 Å². The van der Waals surface area contributed by atoms with E-state index in [-0.39, 0.29) is 17.3 Å². The van der Waals surface area contributed by atoms with Crippen molar-refractivity contribution in [2.45, 2.75) is 44.6 Å². The number of nitrogens with zero attached hydrogens (tertiary/aromatic N) is 1. The zero-order chi connectivity index (χ0) is 13.2. The van der Waals surface area contributed by atoms with Crippen LogP contribution in [0.1, 0.15) is 39.0 Å². The van der Waals surface area contributed by atoms with Gasteiger partial charge >= 0.3 is 0 Å². The number of rotatable bonds is 3. The van der Waals surface area contributed by atoms with Gasteiger partial charge in [0.15, 0.2) is 5.84 Å². The van der Waals surface area contributed by atoms with Gasteiger partial charge in [0.25, 0.3) is 0 Å². The molecule has 1 aliphatic heterocycles. The number of carbonyl (C=O) groups is 1. The van der Waals surface area contributed by atoms with Gasteiger partial charge in [-0.25, -0.2) is 0 Å². The average molecular weight is 255 g/mol. The molecule has 6 nitrogen and oxygen atoms in total. The standard InChI is InChI=1S/C12H21N3O3/c1-11(6-7-18-8-11)14-10(16)12(9(13)15-17)4-2-3-5-12/h17H,2-8H2,1H3,(H2,13,15)(H,14,16). The molecule has 2 rings (SSSR count). The Morgan fingerprint density at radius 3 is 2.56 bits per heavy atom. The average Bonchev–Trinajstić information content (AvgIpc) is 2.97. The van der Waals surface area contributed by atoms with Crippen LogP contribution in [0.3, 0.4) is 0 Å². The Hall–Kier alpha value is -1.30. The molecule has 1 atom stereocenters. The number of carbonyl (C=O) groups excluding carboxylic acids is 1. The third kappa shape index (κ3) is 2.16. The quantitative estimate of drug-likeness (QED) is 0.297. The molecule has 1 saturated heterocycles. The van der Waals surface area contributed by atoms with Crippen molar-refractivity contribution in [2.75, 3.05) is 13.2 Å². The first kappa shape index (κ1) is 13.1. The summed E-state index contributed by atoms with van der Waals surface area (Å²) in [4.78, 5) is 12.5. The van der Waals surface area contributed by atoms with Crippen LogP contribution >= 0.6 is 0 Å². The Kier molecular flexibility index (Phi) is 3.47. The highest BCUT2D eigenvalue weighted by molar-refractivity contribution is 6.07. The minimum absolute atomic E-state index is 0.0278. The van der Waals surface area contributed by atoms with Crippen molar-refractivity contribution in [3.8, 4) is 0 Å². The third-order valence-electron chi connectivity index (χ3n) is 4.12. The largest absolute Gasteiger partial charge is 0.409 e. The minimum Gasteiger partial charge on any atom is -0.409 e. The summed E-state index contributed by atoms with van der Waals surface area (Å²) >= 11 is 0. The number of ether oxygens (including phenoxy) is 1. The fourth-order valence-corrected chi connectivity index (χ4v) is 2.83. The highest BCUT2D eigenvalue weighted by Crippen LogP contribution is 2.39. The smallest absolute Gasteiger partial charge is 0.234 e. The van der Waals surface area contributed by atoms with Crippen LogP contribution in [0, 0.1) is 5.41 Å². The second-order valence-electron chi connectivity index (χ2n) is 5.59. The molecule has 0 spiro atoms. The van der Waals surface area contributed by atoms with Crippen molar-refractivity contribution in [2.24, 2.45) is 16.3 Å². The minimum atomic E-state index is -0.833. The molecule has 2 fully saturated rings. The van der Waals surface area contributed by atoms with Crippen LogP contribution in [-0.2, 0) is 9.53 Å². The first-order chi connectivity index (χ1) is 8.52. The lowest BCUT2D eigenvalue weighted by Crippen LogP contribution is -2.55. The van der Waals surface area contributed by atoms with Crippen molar-refractivity contribution in [1.29, 1.82) is 0 Å². The van der Waals surface area contributed by atoms with E-state index in [4.69, 9.17) is 15.7 Å². The van der Waals surface area contributed by atoms with Gasteiger partial charge in [-0.2, -0.15) is 0 Å². The summed E-state index contributed by atoms with van der Waals surface area (Å²) in [5.74, 6) is -0.108. The lowest BCUT2D eigenvalue weighted by atomic mass is 9.82. The molecule has 4 N–H and O–H groups in total. The molecule has 0 aromatic carbocycles. The van der Waals surface area contributed by atoms with Gasteiger partial charge in [0.05, 0.1) is 12.1 Å². The summed E-state index contributed by atoms with van der Waals surface area (Å²) in [6.45, 7) is 3.14. The van der Waals surface area contributed by atoms with Crippen LogP contribution in [-0.4, -0.2) is 35.7 Å². The van der Waals surface area contributed by atoms with E-state index in [9.17, 15) is 4.79 Å². The second-order valence-corrected chi connectivity index (χ2v) is 5.59. The van der Waals surface area contributed by atoms with Crippen molar-refractivity contribution in [1.82, 2.24) is 5.32 Å². The van der Waals surface area contributed by atoms with Crippen LogP contribution in [0.25, 0.3) is 0 Å². The molecule has 0 radical (unpaired) electrons. The second kappa shape index (κ2) is 4.76. The van der Waals surface area contributed by atoms with Gasteiger partial charge in [-0.1, -0.05) is 18.0 Å². The van der Waals surface area contributed by atoms with E-state index in [2.05, 4.69) is 10.5 Å². The highest BCUT2D eigenvalue weighted by atomic mass is 16.5. The van der Waals surface area contributed by atoms with Gasteiger partial charge in [0.2, 0.25) is 5.91 Å². The fraction of sp³-hybridized carbons (Fsp3) is 0.833. The number of amidine groups is 1. The molecular weight excluding hydrogens is 234 g/mol. The van der Waals surface area contributed by atoms with E-state index in [0.717, 1.165) is 19.3 Å². The number of hydrogen-bond acceptors (Lipinski definition) is 4. The zero-order valence-corrected chi connectivity index (χ0v) is 10.7. The Morgan fingerprint density at radius 1 is 1.39 bits per heavy atom. The van der Waals surface area contributed by atoms with Crippen molar-refractivity contribution >= 4 is 11.7 Å². The molecule has 6 heteroatoms. The number of oxime groups is 1. The Bertz CT molecular complexity index is 356. The van der Waals surface area contributed by atoms with E-state index in [0.29, 0.717) is 26.1 Å². The van der Waals surface area contributed by atoms with Crippen LogP contribution in [0.2, 0.25) is 0 Å². The monoisotopic (exact) mass is 255 g/mol. The lowest BCUT2D eigenvalue weighted by Gasteiger charge is -2.32. The molecule has 2 aliphatic rings. The van der Waals surface area contributed by atoms with Crippen LogP contribution in [0.4, 0.5) is 0 Å². The molecule has 1 heterocycles. The highest BCUT2D eigenvalue weighted by Gasteiger charge is 2.47. The van der Waals surface area contributed by atoms with Crippen LogP contribution in [0.5, 0.6) is 0 Å². The van der Waals surface area contributed by atoms with Gasteiger partial charge in [-0.05, 0) is 26.2 Å². The van der Waals surface area contributed by atoms with Crippen molar-refractivity contribution in [3.05, 3.63) is 0 Å². The Morgan fingerprint density at radius 2 is 2.06 bits per heavy atom. The molecule has 1 unspecified atom stereocenters. The fourth-order valence-electron chi connectivity index (χ4n) is 2.83. The van der Waals surface area contributed by atoms with Crippen molar-refractivity contribution < 1.29 is 14.7 Å². The molecule has 102 valence electrons. The van der Waals surface area contributed by atoms with Gasteiger partial charge < -0.3 is 21.0 Å². The summed E-state index contributed by atoms with van der Waals surface area (Å²) in [5.41, 5.74) is 4.58. The maximum atomic E-state index is 12.5. The number of hydrogen-bond donors (Lipinski definition) is 3. The molecule has 18 heavy (non-hydrogen) atoms. The summed E-state index contributed by atoms with van der Waals surface area (Å²) in [5, 5.41) is 15.0. The van der Waals surface area contributed by atoms with Gasteiger partial charge in [-0.15, -0.1) is 0 Å². The molecular formula is C12H21N3O3. The summed E-state index contributed by atoms with van der Waals surface area (Å²) in [7, 11) is 0. The van der Waals surface area contributed by atoms with Crippen LogP contribution in [0.15, 0.2) is 5.16 Å². The van der Waals surface area contributed by atoms with Gasteiger partial charge in [0, 0.05) is 6.61 Å². The normalized spacial score (nSPS) is 31.5. The van der Waals surface area contributed by atoms with Gasteiger partial charge in [0.1, 0.15) is 5.41 Å². The van der Waals surface area contributed by atoms with E-state index >= 15 is 0 Å². The summed E-state index contributed by atoms with van der Waals surface area (Å²) in [6, 6.07) is 0. The molecule has 1 saturated carbocycles. The molecule has 0 aromatic rings. The molecule has 1 aliphatic carbocycles. The first-order valence-corrected chi connectivity index (χ1v) is 6.41. The van der Waals surface area contributed by atoms with E-state index in [1.165, 1.54) is 0 Å². The maximum Gasteiger partial charge on any atom is 0.234 e. The number of nitrogens with one attached hydrogen (secondary N) is 1. The summed E-state index contributed by atoms with van der Waals surface area (Å²) < 4.78 is 5.32. The maximum absolute atomic E-state index is 12.5. The number of amides is 1. The number of nitrogens with two attached hydrogens (primary N) is 1. The van der Waals surface area contributed by atoms with E-state index in [1.807, 2.05) is 6.92 Å². The first-order valence-electron chi connectivity index (χ1n) is 6.41. The SMILES string of the molecule is CC1(NC(=O)C2(C(N)=NO)CCCC2)CCOC1. The van der Waals surface area contributed by atoms with Gasteiger partial charge in [-0.3, -0.25) is 4.79 Å². The topological polar surface area (TPSA) is 96.9 Å². The lowest BCUT2D eigenvalue weighted by molar-refractivity contribution is -0.129. The van der Waals surface area contributed by atoms with E-state index in [1.54, 1.807) is 0 Å². The Balaban J connectivity index is 2.14. The summed E-state index contributed by atoms with van der Waals surface area (Å²) in [6.07, 6.45) is 3.94. The molecule has 0 bridgehead atoms. The molecule has 1 amide bonds.